The molecule has 0 aliphatic rings. The topological polar surface area (TPSA) is 49.4 Å². The van der Waals surface area contributed by atoms with Gasteiger partial charge in [-0.2, -0.15) is 0 Å². The maximum Gasteiger partial charge on any atom is 0.236 e. The highest BCUT2D eigenvalue weighted by Gasteiger charge is 2.16. The lowest BCUT2D eigenvalue weighted by Crippen LogP contribution is -2.42. The minimum absolute atomic E-state index is 0.0206. The number of Topliss-reactive ketones (excluding diaryl/α,β-unsaturated/α-hetero) is 1. The summed E-state index contributed by atoms with van der Waals surface area (Å²) in [7, 11) is 1.67. The molecule has 1 atom stereocenters. The zero-order valence-electron chi connectivity index (χ0n) is 11.9. The van der Waals surface area contributed by atoms with Gasteiger partial charge in [0.05, 0.1) is 13.1 Å². The number of rotatable bonds is 7. The van der Waals surface area contributed by atoms with E-state index >= 15 is 0 Å². The van der Waals surface area contributed by atoms with Crippen LogP contribution in [-0.2, 0) is 9.59 Å². The van der Waals surface area contributed by atoms with Crippen LogP contribution in [0, 0.1) is 11.8 Å². The van der Waals surface area contributed by atoms with Gasteiger partial charge in [0.2, 0.25) is 5.91 Å². The minimum atomic E-state index is -0.0356. The van der Waals surface area contributed by atoms with Crippen LogP contribution in [-0.4, -0.2) is 42.8 Å². The van der Waals surface area contributed by atoms with Gasteiger partial charge in [-0.25, -0.2) is 0 Å². The third-order valence-corrected chi connectivity index (χ3v) is 3.04. The van der Waals surface area contributed by atoms with Crippen LogP contribution >= 0.6 is 0 Å². The summed E-state index contributed by atoms with van der Waals surface area (Å²) >= 11 is 0. The van der Waals surface area contributed by atoms with E-state index in [4.69, 9.17) is 0 Å². The SMILES string of the molecule is CC(C)C(=O)CN(C)C(=O)CNC(C)C(C)C. The van der Waals surface area contributed by atoms with E-state index in [1.807, 2.05) is 13.8 Å². The van der Waals surface area contributed by atoms with E-state index in [9.17, 15) is 9.59 Å². The molecule has 1 unspecified atom stereocenters. The van der Waals surface area contributed by atoms with E-state index in [0.29, 0.717) is 18.5 Å². The number of carbonyl (C=O) groups is 2. The van der Waals surface area contributed by atoms with Crippen molar-refractivity contribution in [1.82, 2.24) is 10.2 Å². The van der Waals surface area contributed by atoms with Crippen molar-refractivity contribution in [2.24, 2.45) is 11.8 Å². The van der Waals surface area contributed by atoms with Crippen molar-refractivity contribution in [1.29, 1.82) is 0 Å². The van der Waals surface area contributed by atoms with E-state index in [2.05, 4.69) is 26.1 Å². The summed E-state index contributed by atoms with van der Waals surface area (Å²) in [6.07, 6.45) is 0. The highest BCUT2D eigenvalue weighted by molar-refractivity contribution is 5.87. The molecule has 0 saturated carbocycles. The quantitative estimate of drug-likeness (QED) is 0.732. The van der Waals surface area contributed by atoms with Gasteiger partial charge in [0.15, 0.2) is 5.78 Å². The van der Waals surface area contributed by atoms with Crippen molar-refractivity contribution < 1.29 is 9.59 Å². The minimum Gasteiger partial charge on any atom is -0.337 e. The standard InChI is InChI=1S/C13H26N2O2/c1-9(2)11(5)14-7-13(17)15(6)8-12(16)10(3)4/h9-11,14H,7-8H2,1-6H3. The van der Waals surface area contributed by atoms with Crippen molar-refractivity contribution in [3.8, 4) is 0 Å². The van der Waals surface area contributed by atoms with Gasteiger partial charge in [0.1, 0.15) is 0 Å². The number of hydrogen-bond acceptors (Lipinski definition) is 3. The predicted molar refractivity (Wildman–Crippen MR) is 69.8 cm³/mol. The van der Waals surface area contributed by atoms with Gasteiger partial charge in [0, 0.05) is 19.0 Å². The number of ketones is 1. The molecule has 0 aromatic carbocycles. The largest absolute Gasteiger partial charge is 0.337 e. The summed E-state index contributed by atoms with van der Waals surface area (Å²) in [6, 6.07) is 0.299. The van der Waals surface area contributed by atoms with Gasteiger partial charge in [-0.05, 0) is 12.8 Å². The van der Waals surface area contributed by atoms with Crippen molar-refractivity contribution in [3.63, 3.8) is 0 Å². The summed E-state index contributed by atoms with van der Waals surface area (Å²) in [5.74, 6) is 0.530. The summed E-state index contributed by atoms with van der Waals surface area (Å²) < 4.78 is 0. The first-order valence-corrected chi connectivity index (χ1v) is 6.25. The average Bonchev–Trinajstić information content (AvgIpc) is 2.24. The number of nitrogens with zero attached hydrogens (tertiary/aromatic N) is 1. The lowest BCUT2D eigenvalue weighted by atomic mass is 10.1. The van der Waals surface area contributed by atoms with Crippen LogP contribution in [0.3, 0.4) is 0 Å². The zero-order chi connectivity index (χ0) is 13.6. The number of carbonyl (C=O) groups excluding carboxylic acids is 2. The molecule has 0 heterocycles. The molecule has 4 nitrogen and oxygen atoms in total. The van der Waals surface area contributed by atoms with Gasteiger partial charge < -0.3 is 10.2 Å². The van der Waals surface area contributed by atoms with Crippen LogP contribution in [0.2, 0.25) is 0 Å². The molecule has 1 N–H and O–H groups in total. The number of nitrogens with one attached hydrogen (secondary N) is 1. The summed E-state index contributed by atoms with van der Waals surface area (Å²) in [5, 5.41) is 3.16. The number of hydrogen-bond donors (Lipinski definition) is 1. The monoisotopic (exact) mass is 242 g/mol. The molecule has 0 radical (unpaired) electrons. The zero-order valence-corrected chi connectivity index (χ0v) is 11.9. The lowest BCUT2D eigenvalue weighted by Gasteiger charge is -2.21. The fraction of sp³-hybridized carbons (Fsp3) is 0.846. The molecule has 1 amide bonds. The second-order valence-electron chi connectivity index (χ2n) is 5.28. The van der Waals surface area contributed by atoms with Crippen molar-refractivity contribution >= 4 is 11.7 Å². The Bertz CT molecular complexity index is 262. The van der Waals surface area contributed by atoms with Gasteiger partial charge >= 0.3 is 0 Å². The Labute approximate surface area is 105 Å². The molecular weight excluding hydrogens is 216 g/mol. The first-order chi connectivity index (χ1) is 7.75. The molecule has 0 saturated heterocycles. The Balaban J connectivity index is 4.02. The predicted octanol–water partition coefficient (Wildman–Crippen LogP) is 1.30. The summed E-state index contributed by atoms with van der Waals surface area (Å²) in [6.45, 7) is 10.5. The molecule has 0 fully saturated rings. The Kier molecular flexibility index (Phi) is 7.04. The van der Waals surface area contributed by atoms with E-state index in [0.717, 1.165) is 0 Å². The van der Waals surface area contributed by atoms with Crippen molar-refractivity contribution in [3.05, 3.63) is 0 Å². The Morgan fingerprint density at radius 2 is 1.65 bits per heavy atom. The Hall–Kier alpha value is -0.900. The third kappa shape index (κ3) is 6.41. The van der Waals surface area contributed by atoms with Crippen LogP contribution in [0.4, 0.5) is 0 Å². The molecule has 4 heteroatoms. The molecule has 17 heavy (non-hydrogen) atoms. The molecule has 0 aromatic heterocycles. The maximum absolute atomic E-state index is 11.7. The fourth-order valence-corrected chi connectivity index (χ4v) is 1.12. The molecule has 0 rings (SSSR count). The van der Waals surface area contributed by atoms with Gasteiger partial charge in [-0.15, -0.1) is 0 Å². The highest BCUT2D eigenvalue weighted by Crippen LogP contribution is 2.00. The Morgan fingerprint density at radius 1 is 1.12 bits per heavy atom. The van der Waals surface area contributed by atoms with Gasteiger partial charge in [0.25, 0.3) is 0 Å². The normalized spacial score (nSPS) is 12.9. The molecule has 0 bridgehead atoms. The molecule has 0 aliphatic heterocycles. The van der Waals surface area contributed by atoms with E-state index in [1.165, 1.54) is 4.90 Å². The van der Waals surface area contributed by atoms with Crippen LogP contribution in [0.25, 0.3) is 0 Å². The van der Waals surface area contributed by atoms with Crippen molar-refractivity contribution in [2.45, 2.75) is 40.7 Å². The number of likely N-dealkylation sites (N-methyl/N-ethyl adjacent to an activating group) is 1. The molecule has 0 spiro atoms. The van der Waals surface area contributed by atoms with Crippen LogP contribution in [0.15, 0.2) is 0 Å². The highest BCUT2D eigenvalue weighted by atomic mass is 16.2. The molecule has 100 valence electrons. The fourth-order valence-electron chi connectivity index (χ4n) is 1.12. The molecule has 0 aliphatic carbocycles. The number of amides is 1. The smallest absolute Gasteiger partial charge is 0.236 e. The van der Waals surface area contributed by atoms with Crippen LogP contribution in [0.5, 0.6) is 0 Å². The van der Waals surface area contributed by atoms with Crippen LogP contribution < -0.4 is 5.32 Å². The third-order valence-electron chi connectivity index (χ3n) is 3.04. The molecular formula is C13H26N2O2. The van der Waals surface area contributed by atoms with E-state index in [1.54, 1.807) is 7.05 Å². The second-order valence-corrected chi connectivity index (χ2v) is 5.28. The Morgan fingerprint density at radius 3 is 2.06 bits per heavy atom. The van der Waals surface area contributed by atoms with Crippen molar-refractivity contribution in [2.75, 3.05) is 20.1 Å². The van der Waals surface area contributed by atoms with Gasteiger partial charge in [-0.3, -0.25) is 9.59 Å². The van der Waals surface area contributed by atoms with E-state index in [-0.39, 0.29) is 24.2 Å². The lowest BCUT2D eigenvalue weighted by molar-refractivity contribution is -0.134. The van der Waals surface area contributed by atoms with Crippen LogP contribution in [0.1, 0.15) is 34.6 Å². The van der Waals surface area contributed by atoms with E-state index < -0.39 is 0 Å². The average molecular weight is 242 g/mol. The summed E-state index contributed by atoms with van der Waals surface area (Å²) in [5.41, 5.74) is 0. The first-order valence-electron chi connectivity index (χ1n) is 6.25. The maximum atomic E-state index is 11.7. The van der Waals surface area contributed by atoms with Gasteiger partial charge in [-0.1, -0.05) is 27.7 Å². The summed E-state index contributed by atoms with van der Waals surface area (Å²) in [4.78, 5) is 24.7. The first kappa shape index (κ1) is 16.1. The second kappa shape index (κ2) is 7.43. The molecule has 0 aromatic rings.